The summed E-state index contributed by atoms with van der Waals surface area (Å²) in [5.41, 5.74) is 5.96. The molecule has 3 N–H and O–H groups in total. The number of carboxylic acid groups (broad SMARTS) is 1. The highest BCUT2D eigenvalue weighted by Gasteiger charge is 2.25. The van der Waals surface area contributed by atoms with Crippen molar-refractivity contribution in [3.63, 3.8) is 0 Å². The molecule has 0 radical (unpaired) electrons. The minimum Gasteiger partial charge on any atom is -0.476 e. The van der Waals surface area contributed by atoms with E-state index in [2.05, 4.69) is 30.2 Å². The summed E-state index contributed by atoms with van der Waals surface area (Å²) in [6, 6.07) is 0. The van der Waals surface area contributed by atoms with Gasteiger partial charge in [0.25, 0.3) is 0 Å². The third-order valence-electron chi connectivity index (χ3n) is 3.48. The number of carboxylic acids is 1. The van der Waals surface area contributed by atoms with Gasteiger partial charge in [-0.05, 0) is 36.2 Å². The Morgan fingerprint density at radius 2 is 2.05 bits per heavy atom. The molecule has 3 rings (SSSR count). The Morgan fingerprint density at radius 3 is 2.67 bits per heavy atom. The summed E-state index contributed by atoms with van der Waals surface area (Å²) in [4.78, 5) is 13.5. The number of carbonyl (C=O) groups is 1. The second-order valence-corrected chi connectivity index (χ2v) is 4.91. The molecule has 0 aliphatic carbocycles. The van der Waals surface area contributed by atoms with Crippen LogP contribution >= 0.6 is 0 Å². The zero-order valence-electron chi connectivity index (χ0n) is 11.3. The Balaban J connectivity index is 1.97. The summed E-state index contributed by atoms with van der Waals surface area (Å²) < 4.78 is 5.82. The van der Waals surface area contributed by atoms with E-state index >= 15 is 0 Å². The van der Waals surface area contributed by atoms with Crippen LogP contribution in [0.3, 0.4) is 0 Å². The number of hydrogen-bond acceptors (Lipinski definition) is 8. The van der Waals surface area contributed by atoms with E-state index in [-0.39, 0.29) is 17.3 Å². The molecule has 0 unspecified atom stereocenters. The van der Waals surface area contributed by atoms with Crippen molar-refractivity contribution in [2.45, 2.75) is 25.8 Å². The van der Waals surface area contributed by atoms with Crippen LogP contribution in [0.2, 0.25) is 0 Å². The molecule has 1 saturated heterocycles. The van der Waals surface area contributed by atoms with Gasteiger partial charge in [-0.15, -0.1) is 5.10 Å². The van der Waals surface area contributed by atoms with Crippen LogP contribution in [0, 0.1) is 0 Å². The van der Waals surface area contributed by atoms with Crippen LogP contribution in [0.1, 0.15) is 35.4 Å². The van der Waals surface area contributed by atoms with E-state index in [0.717, 1.165) is 25.9 Å². The first-order valence-corrected chi connectivity index (χ1v) is 6.65. The van der Waals surface area contributed by atoms with Crippen molar-refractivity contribution in [2.24, 2.45) is 0 Å². The van der Waals surface area contributed by atoms with Crippen LogP contribution in [0.5, 0.6) is 0 Å². The van der Waals surface area contributed by atoms with Crippen molar-refractivity contribution in [3.8, 4) is 5.82 Å². The van der Waals surface area contributed by atoms with Gasteiger partial charge in [0.05, 0.1) is 5.69 Å². The van der Waals surface area contributed by atoms with E-state index in [0.29, 0.717) is 12.2 Å². The highest BCUT2D eigenvalue weighted by molar-refractivity contribution is 5.86. The smallest absolute Gasteiger partial charge is 0.358 e. The number of anilines is 1. The minimum absolute atomic E-state index is 0.0386. The van der Waals surface area contributed by atoms with Crippen LogP contribution in [0.15, 0.2) is 4.63 Å². The first kappa shape index (κ1) is 13.5. The Morgan fingerprint density at radius 1 is 1.29 bits per heavy atom. The van der Waals surface area contributed by atoms with Gasteiger partial charge in [0, 0.05) is 6.54 Å². The average Bonchev–Trinajstić information content (AvgIpc) is 3.06. The van der Waals surface area contributed by atoms with E-state index in [1.165, 1.54) is 11.1 Å². The SMILES string of the molecule is Nc1nonc1-n1nnc(C(=O)O)c1CN1CCCCC1. The van der Waals surface area contributed by atoms with E-state index < -0.39 is 5.97 Å². The van der Waals surface area contributed by atoms with Crippen molar-refractivity contribution in [3.05, 3.63) is 11.4 Å². The van der Waals surface area contributed by atoms with Gasteiger partial charge in [-0.1, -0.05) is 11.6 Å². The van der Waals surface area contributed by atoms with Gasteiger partial charge in [-0.25, -0.2) is 9.42 Å². The summed E-state index contributed by atoms with van der Waals surface area (Å²) in [6.45, 7) is 2.24. The third kappa shape index (κ3) is 2.57. The second-order valence-electron chi connectivity index (χ2n) is 4.91. The van der Waals surface area contributed by atoms with Gasteiger partial charge >= 0.3 is 5.97 Å². The zero-order chi connectivity index (χ0) is 14.8. The first-order chi connectivity index (χ1) is 10.2. The lowest BCUT2D eigenvalue weighted by Crippen LogP contribution is -2.30. The predicted molar refractivity (Wildman–Crippen MR) is 69.7 cm³/mol. The van der Waals surface area contributed by atoms with Crippen LogP contribution in [0.4, 0.5) is 5.82 Å². The van der Waals surface area contributed by atoms with Crippen molar-refractivity contribution in [2.75, 3.05) is 18.8 Å². The molecular formula is C11H15N7O3. The summed E-state index contributed by atoms with van der Waals surface area (Å²) in [5, 5.41) is 23.9. The molecule has 0 amide bonds. The fraction of sp³-hybridized carbons (Fsp3) is 0.545. The van der Waals surface area contributed by atoms with Crippen molar-refractivity contribution < 1.29 is 14.5 Å². The van der Waals surface area contributed by atoms with Crippen molar-refractivity contribution in [1.29, 1.82) is 0 Å². The molecule has 2 aromatic rings. The van der Waals surface area contributed by atoms with Gasteiger partial charge in [0.15, 0.2) is 5.69 Å². The Hall–Kier alpha value is -2.49. The number of hydrogen-bond donors (Lipinski definition) is 2. The first-order valence-electron chi connectivity index (χ1n) is 6.65. The van der Waals surface area contributed by atoms with Gasteiger partial charge in [-0.2, -0.15) is 4.68 Å². The lowest BCUT2D eigenvalue weighted by molar-refractivity contribution is 0.0687. The topological polar surface area (TPSA) is 136 Å². The largest absolute Gasteiger partial charge is 0.476 e. The monoisotopic (exact) mass is 293 g/mol. The molecule has 1 fully saturated rings. The summed E-state index contributed by atoms with van der Waals surface area (Å²) in [6.07, 6.45) is 3.38. The maximum atomic E-state index is 11.3. The molecule has 2 aromatic heterocycles. The number of aromatic carboxylic acids is 1. The van der Waals surface area contributed by atoms with Crippen LogP contribution in [0.25, 0.3) is 5.82 Å². The average molecular weight is 293 g/mol. The van der Waals surface area contributed by atoms with Gasteiger partial charge < -0.3 is 10.8 Å². The predicted octanol–water partition coefficient (Wildman–Crippen LogP) is -0.0834. The van der Waals surface area contributed by atoms with E-state index in [1.54, 1.807) is 0 Å². The van der Waals surface area contributed by atoms with Crippen LogP contribution in [-0.4, -0.2) is 54.4 Å². The lowest BCUT2D eigenvalue weighted by atomic mass is 10.1. The molecule has 0 aromatic carbocycles. The molecule has 10 heteroatoms. The minimum atomic E-state index is -1.14. The Labute approximate surface area is 119 Å². The zero-order valence-corrected chi connectivity index (χ0v) is 11.3. The van der Waals surface area contributed by atoms with E-state index in [4.69, 9.17) is 5.73 Å². The number of piperidine rings is 1. The highest BCUT2D eigenvalue weighted by Crippen LogP contribution is 2.19. The molecule has 3 heterocycles. The van der Waals surface area contributed by atoms with E-state index in [1.807, 2.05) is 0 Å². The number of nitrogens with zero attached hydrogens (tertiary/aromatic N) is 6. The van der Waals surface area contributed by atoms with Crippen molar-refractivity contribution >= 4 is 11.8 Å². The number of nitrogen functional groups attached to an aromatic ring is 1. The van der Waals surface area contributed by atoms with Gasteiger partial charge in [-0.3, -0.25) is 4.90 Å². The molecule has 21 heavy (non-hydrogen) atoms. The maximum Gasteiger partial charge on any atom is 0.358 e. The molecule has 1 aliphatic rings. The van der Waals surface area contributed by atoms with Gasteiger partial charge in [0.2, 0.25) is 11.6 Å². The molecule has 10 nitrogen and oxygen atoms in total. The van der Waals surface area contributed by atoms with Crippen LogP contribution in [-0.2, 0) is 6.54 Å². The van der Waals surface area contributed by atoms with E-state index in [9.17, 15) is 9.90 Å². The number of nitrogens with two attached hydrogens (primary N) is 1. The standard InChI is InChI=1S/C11H15N7O3/c12-9-10(15-21-14-9)18-7(8(11(19)20)13-16-18)6-17-4-2-1-3-5-17/h1-6H2,(H2,12,14)(H,19,20). The summed E-state index contributed by atoms with van der Waals surface area (Å²) >= 11 is 0. The molecule has 0 spiro atoms. The fourth-order valence-electron chi connectivity index (χ4n) is 2.45. The molecular weight excluding hydrogens is 278 g/mol. The molecule has 0 saturated carbocycles. The van der Waals surface area contributed by atoms with Gasteiger partial charge in [0.1, 0.15) is 0 Å². The molecule has 0 atom stereocenters. The molecule has 112 valence electrons. The van der Waals surface area contributed by atoms with Crippen molar-refractivity contribution in [1.82, 2.24) is 30.2 Å². The number of aromatic nitrogens is 5. The normalized spacial score (nSPS) is 16.2. The lowest BCUT2D eigenvalue weighted by Gasteiger charge is -2.26. The summed E-state index contributed by atoms with van der Waals surface area (Å²) in [7, 11) is 0. The third-order valence-corrected chi connectivity index (χ3v) is 3.48. The molecule has 0 bridgehead atoms. The highest BCUT2D eigenvalue weighted by atomic mass is 16.6. The fourth-order valence-corrected chi connectivity index (χ4v) is 2.45. The maximum absolute atomic E-state index is 11.3. The Kier molecular flexibility index (Phi) is 3.52. The second kappa shape index (κ2) is 5.48. The Bertz CT molecular complexity index is 644. The summed E-state index contributed by atoms with van der Waals surface area (Å²) in [5.74, 6) is -0.943. The molecule has 1 aliphatic heterocycles. The number of likely N-dealkylation sites (tertiary alicyclic amines) is 1. The number of rotatable bonds is 4. The quantitative estimate of drug-likeness (QED) is 0.792. The van der Waals surface area contributed by atoms with Crippen LogP contribution < -0.4 is 5.73 Å².